The van der Waals surface area contributed by atoms with Crippen molar-refractivity contribution in [2.24, 2.45) is 23.0 Å². The number of hydrogen-bond donors (Lipinski definition) is 1. The van der Waals surface area contributed by atoms with Crippen LogP contribution in [0.25, 0.3) is 0 Å². The second kappa shape index (κ2) is 6.20. The maximum Gasteiger partial charge on any atom is 0.0253 e. The average Bonchev–Trinajstić information content (AvgIpc) is 2.91. The third-order valence-corrected chi connectivity index (χ3v) is 7.36. The molecular formula is C19H36N2. The summed E-state index contributed by atoms with van der Waals surface area (Å²) in [7, 11) is 0. The van der Waals surface area contributed by atoms with Crippen LogP contribution >= 0.6 is 0 Å². The van der Waals surface area contributed by atoms with E-state index in [9.17, 15) is 0 Å². The fourth-order valence-corrected chi connectivity index (χ4v) is 5.40. The Balaban J connectivity index is 1.71. The molecule has 2 heteroatoms. The first kappa shape index (κ1) is 15.8. The maximum absolute atomic E-state index is 6.59. The third-order valence-electron chi connectivity index (χ3n) is 7.36. The Morgan fingerprint density at radius 2 is 1.76 bits per heavy atom. The molecule has 0 aromatic rings. The van der Waals surface area contributed by atoms with Crippen LogP contribution in [-0.4, -0.2) is 29.6 Å². The zero-order valence-electron chi connectivity index (χ0n) is 14.5. The number of nitrogens with zero attached hydrogens (tertiary/aromatic N) is 1. The molecule has 2 aliphatic carbocycles. The van der Waals surface area contributed by atoms with Crippen molar-refractivity contribution in [3.63, 3.8) is 0 Å². The summed E-state index contributed by atoms with van der Waals surface area (Å²) < 4.78 is 0. The summed E-state index contributed by atoms with van der Waals surface area (Å²) in [5, 5.41) is 0. The number of likely N-dealkylation sites (tertiary alicyclic amines) is 1. The lowest BCUT2D eigenvalue weighted by Gasteiger charge is -2.47. The van der Waals surface area contributed by atoms with Gasteiger partial charge >= 0.3 is 0 Å². The lowest BCUT2D eigenvalue weighted by Crippen LogP contribution is -2.55. The Labute approximate surface area is 131 Å². The van der Waals surface area contributed by atoms with Crippen molar-refractivity contribution in [3.8, 4) is 0 Å². The zero-order valence-corrected chi connectivity index (χ0v) is 14.5. The molecule has 2 N–H and O–H groups in total. The highest BCUT2D eigenvalue weighted by Gasteiger charge is 2.44. The Bertz CT molecular complexity index is 351. The number of rotatable bonds is 3. The SMILES string of the molecule is CCC(C)(C)C1CCC(N)C(N2CCC3CCCCC32)C1. The molecule has 5 unspecified atom stereocenters. The molecule has 0 amide bonds. The van der Waals surface area contributed by atoms with Crippen LogP contribution in [0.2, 0.25) is 0 Å². The number of nitrogens with two attached hydrogens (primary N) is 1. The molecule has 0 aromatic heterocycles. The van der Waals surface area contributed by atoms with Gasteiger partial charge in [-0.15, -0.1) is 0 Å². The summed E-state index contributed by atoms with van der Waals surface area (Å²) in [4.78, 5) is 2.87. The Kier molecular flexibility index (Phi) is 4.66. The molecule has 2 saturated carbocycles. The van der Waals surface area contributed by atoms with Crippen LogP contribution < -0.4 is 5.73 Å². The van der Waals surface area contributed by atoms with Crippen molar-refractivity contribution < 1.29 is 0 Å². The summed E-state index contributed by atoms with van der Waals surface area (Å²) in [6.45, 7) is 8.63. The fraction of sp³-hybridized carbons (Fsp3) is 1.00. The van der Waals surface area contributed by atoms with Crippen LogP contribution in [0, 0.1) is 17.3 Å². The normalized spacial score (nSPS) is 42.0. The van der Waals surface area contributed by atoms with Crippen molar-refractivity contribution >= 4 is 0 Å². The Morgan fingerprint density at radius 1 is 1.00 bits per heavy atom. The van der Waals surface area contributed by atoms with E-state index in [-0.39, 0.29) is 0 Å². The minimum absolute atomic E-state index is 0.426. The number of hydrogen-bond acceptors (Lipinski definition) is 2. The summed E-state index contributed by atoms with van der Waals surface area (Å²) in [5.74, 6) is 1.86. The molecular weight excluding hydrogens is 256 g/mol. The Hall–Kier alpha value is -0.0800. The van der Waals surface area contributed by atoms with E-state index in [0.29, 0.717) is 17.5 Å². The Morgan fingerprint density at radius 3 is 2.52 bits per heavy atom. The van der Waals surface area contributed by atoms with E-state index >= 15 is 0 Å². The molecule has 1 saturated heterocycles. The van der Waals surface area contributed by atoms with E-state index in [1.165, 1.54) is 64.3 Å². The lowest BCUT2D eigenvalue weighted by molar-refractivity contribution is 0.0405. The predicted molar refractivity (Wildman–Crippen MR) is 90.2 cm³/mol. The second-order valence-corrected chi connectivity index (χ2v) is 8.72. The van der Waals surface area contributed by atoms with Gasteiger partial charge in [-0.3, -0.25) is 4.90 Å². The summed E-state index contributed by atoms with van der Waals surface area (Å²) >= 11 is 0. The van der Waals surface area contributed by atoms with E-state index in [0.717, 1.165) is 17.9 Å². The highest BCUT2D eigenvalue weighted by Crippen LogP contribution is 2.45. The van der Waals surface area contributed by atoms with Crippen LogP contribution in [0.3, 0.4) is 0 Å². The summed E-state index contributed by atoms with van der Waals surface area (Å²) in [6, 6.07) is 1.97. The standard InChI is InChI=1S/C19H36N2/c1-4-19(2,3)15-9-10-16(20)18(13-15)21-12-11-14-7-5-6-8-17(14)21/h14-18H,4-13,20H2,1-3H3. The van der Waals surface area contributed by atoms with Gasteiger partial charge in [0.15, 0.2) is 0 Å². The van der Waals surface area contributed by atoms with Gasteiger partial charge in [-0.25, -0.2) is 0 Å². The van der Waals surface area contributed by atoms with E-state index < -0.39 is 0 Å². The van der Waals surface area contributed by atoms with Crippen LogP contribution in [0.5, 0.6) is 0 Å². The van der Waals surface area contributed by atoms with Crippen molar-refractivity contribution in [3.05, 3.63) is 0 Å². The predicted octanol–water partition coefficient (Wildman–Crippen LogP) is 4.18. The molecule has 0 aromatic carbocycles. The minimum atomic E-state index is 0.426. The average molecular weight is 293 g/mol. The van der Waals surface area contributed by atoms with Crippen LogP contribution in [0.1, 0.15) is 78.6 Å². The number of fused-ring (bicyclic) bond motifs is 1. The molecule has 0 bridgehead atoms. The highest BCUT2D eigenvalue weighted by molar-refractivity contribution is 4.99. The van der Waals surface area contributed by atoms with Crippen LogP contribution in [-0.2, 0) is 0 Å². The summed E-state index contributed by atoms with van der Waals surface area (Å²) in [5.41, 5.74) is 7.08. The molecule has 2 nitrogen and oxygen atoms in total. The third kappa shape index (κ3) is 3.03. The second-order valence-electron chi connectivity index (χ2n) is 8.72. The van der Waals surface area contributed by atoms with Gasteiger partial charge in [0.1, 0.15) is 0 Å². The fourth-order valence-electron chi connectivity index (χ4n) is 5.40. The first-order valence-corrected chi connectivity index (χ1v) is 9.54. The highest BCUT2D eigenvalue weighted by atomic mass is 15.2. The van der Waals surface area contributed by atoms with Gasteiger partial charge in [0.2, 0.25) is 0 Å². The van der Waals surface area contributed by atoms with Crippen LogP contribution in [0.4, 0.5) is 0 Å². The largest absolute Gasteiger partial charge is 0.326 e. The van der Waals surface area contributed by atoms with Gasteiger partial charge < -0.3 is 5.73 Å². The smallest absolute Gasteiger partial charge is 0.0253 e. The molecule has 5 atom stereocenters. The molecule has 21 heavy (non-hydrogen) atoms. The molecule has 3 fully saturated rings. The minimum Gasteiger partial charge on any atom is -0.326 e. The lowest BCUT2D eigenvalue weighted by atomic mass is 9.67. The molecule has 3 rings (SSSR count). The van der Waals surface area contributed by atoms with Gasteiger partial charge in [0.25, 0.3) is 0 Å². The van der Waals surface area contributed by atoms with Gasteiger partial charge in [0.05, 0.1) is 0 Å². The van der Waals surface area contributed by atoms with Gasteiger partial charge in [-0.05, 0) is 62.3 Å². The van der Waals surface area contributed by atoms with Gasteiger partial charge in [0, 0.05) is 18.1 Å². The first-order valence-electron chi connectivity index (χ1n) is 9.54. The van der Waals surface area contributed by atoms with Crippen molar-refractivity contribution in [1.29, 1.82) is 0 Å². The van der Waals surface area contributed by atoms with Crippen LogP contribution in [0.15, 0.2) is 0 Å². The van der Waals surface area contributed by atoms with E-state index in [4.69, 9.17) is 5.73 Å². The molecule has 1 aliphatic heterocycles. The monoisotopic (exact) mass is 292 g/mol. The first-order chi connectivity index (χ1) is 10.0. The van der Waals surface area contributed by atoms with E-state index in [2.05, 4.69) is 25.7 Å². The van der Waals surface area contributed by atoms with E-state index in [1.807, 2.05) is 0 Å². The maximum atomic E-state index is 6.59. The van der Waals surface area contributed by atoms with Crippen molar-refractivity contribution in [1.82, 2.24) is 4.90 Å². The van der Waals surface area contributed by atoms with Crippen molar-refractivity contribution in [2.45, 2.75) is 96.7 Å². The topological polar surface area (TPSA) is 29.3 Å². The molecule has 0 spiro atoms. The molecule has 122 valence electrons. The molecule has 1 heterocycles. The van der Waals surface area contributed by atoms with Gasteiger partial charge in [-0.2, -0.15) is 0 Å². The quantitative estimate of drug-likeness (QED) is 0.845. The molecule has 0 radical (unpaired) electrons. The van der Waals surface area contributed by atoms with Crippen molar-refractivity contribution in [2.75, 3.05) is 6.54 Å². The van der Waals surface area contributed by atoms with Gasteiger partial charge in [-0.1, -0.05) is 40.0 Å². The molecule has 3 aliphatic rings. The zero-order chi connectivity index (χ0) is 15.0. The van der Waals surface area contributed by atoms with E-state index in [1.54, 1.807) is 0 Å². The summed E-state index contributed by atoms with van der Waals surface area (Å²) in [6.07, 6.45) is 12.5.